The van der Waals surface area contributed by atoms with E-state index in [1.807, 2.05) is 39.0 Å². The number of aliphatic hydroxyl groups is 1. The van der Waals surface area contributed by atoms with Gasteiger partial charge in [-0.15, -0.1) is 0 Å². The summed E-state index contributed by atoms with van der Waals surface area (Å²) >= 11 is 0. The Morgan fingerprint density at radius 3 is 2.35 bits per heavy atom. The fourth-order valence-electron chi connectivity index (χ4n) is 1.69. The predicted octanol–water partition coefficient (Wildman–Crippen LogP) is 2.65. The van der Waals surface area contributed by atoms with E-state index in [-0.39, 0.29) is 12.5 Å². The molecular formula is C14H22O3. The molecule has 17 heavy (non-hydrogen) atoms. The van der Waals surface area contributed by atoms with E-state index in [9.17, 15) is 0 Å². The van der Waals surface area contributed by atoms with Gasteiger partial charge in [0, 0.05) is 6.61 Å². The Balaban J connectivity index is 2.84. The zero-order valence-electron chi connectivity index (χ0n) is 10.9. The minimum atomic E-state index is 0.206. The van der Waals surface area contributed by atoms with Crippen LogP contribution >= 0.6 is 0 Å². The van der Waals surface area contributed by atoms with Crippen LogP contribution in [0.4, 0.5) is 0 Å². The van der Waals surface area contributed by atoms with Crippen molar-refractivity contribution in [1.82, 2.24) is 0 Å². The normalized spacial score (nSPS) is 12.2. The van der Waals surface area contributed by atoms with E-state index >= 15 is 0 Å². The second-order valence-electron chi connectivity index (χ2n) is 4.14. The molecule has 0 aliphatic heterocycles. The highest BCUT2D eigenvalue weighted by molar-refractivity contribution is 5.43. The van der Waals surface area contributed by atoms with E-state index in [0.717, 1.165) is 17.9 Å². The molecule has 0 aromatic heterocycles. The van der Waals surface area contributed by atoms with Crippen molar-refractivity contribution in [3.05, 3.63) is 23.8 Å². The Labute approximate surface area is 103 Å². The number of ether oxygens (including phenoxy) is 2. The molecule has 1 atom stereocenters. The number of aliphatic hydroxyl groups excluding tert-OH is 1. The summed E-state index contributed by atoms with van der Waals surface area (Å²) in [5.74, 6) is 1.84. The molecule has 0 aliphatic rings. The summed E-state index contributed by atoms with van der Waals surface area (Å²) in [6.07, 6.45) is 0.850. The van der Waals surface area contributed by atoms with Gasteiger partial charge >= 0.3 is 0 Å². The van der Waals surface area contributed by atoms with E-state index in [0.29, 0.717) is 13.2 Å². The fraction of sp³-hybridized carbons (Fsp3) is 0.571. The maximum Gasteiger partial charge on any atom is 0.161 e. The lowest BCUT2D eigenvalue weighted by molar-refractivity contribution is 0.236. The Hall–Kier alpha value is -1.22. The molecule has 0 saturated heterocycles. The van der Waals surface area contributed by atoms with Crippen molar-refractivity contribution in [3.63, 3.8) is 0 Å². The van der Waals surface area contributed by atoms with Crippen LogP contribution in [0.5, 0.6) is 11.5 Å². The Morgan fingerprint density at radius 2 is 1.76 bits per heavy atom. The van der Waals surface area contributed by atoms with Gasteiger partial charge in [0.25, 0.3) is 0 Å². The molecule has 1 N–H and O–H groups in total. The molecule has 3 heteroatoms. The molecule has 1 unspecified atom stereocenters. The van der Waals surface area contributed by atoms with Crippen molar-refractivity contribution >= 4 is 0 Å². The van der Waals surface area contributed by atoms with Gasteiger partial charge in [-0.2, -0.15) is 0 Å². The van der Waals surface area contributed by atoms with Crippen molar-refractivity contribution in [3.8, 4) is 11.5 Å². The average molecular weight is 238 g/mol. The van der Waals surface area contributed by atoms with Crippen LogP contribution in [0.1, 0.15) is 26.3 Å². The van der Waals surface area contributed by atoms with Gasteiger partial charge in [-0.25, -0.2) is 0 Å². The monoisotopic (exact) mass is 238 g/mol. The number of benzene rings is 1. The molecule has 1 rings (SSSR count). The summed E-state index contributed by atoms with van der Waals surface area (Å²) in [5.41, 5.74) is 1.17. The molecule has 0 amide bonds. The van der Waals surface area contributed by atoms with Crippen LogP contribution in [0.25, 0.3) is 0 Å². The Bertz CT molecular complexity index is 336. The van der Waals surface area contributed by atoms with E-state index in [4.69, 9.17) is 14.6 Å². The quantitative estimate of drug-likeness (QED) is 0.793. The smallest absolute Gasteiger partial charge is 0.161 e. The van der Waals surface area contributed by atoms with Crippen molar-refractivity contribution in [2.45, 2.75) is 27.2 Å². The molecule has 0 saturated carbocycles. The van der Waals surface area contributed by atoms with Crippen LogP contribution in [0.2, 0.25) is 0 Å². The topological polar surface area (TPSA) is 38.7 Å². The molecule has 1 aromatic carbocycles. The van der Waals surface area contributed by atoms with Crippen LogP contribution in [-0.2, 0) is 6.42 Å². The molecule has 0 bridgehead atoms. The van der Waals surface area contributed by atoms with Crippen LogP contribution in [0.15, 0.2) is 18.2 Å². The first-order valence-corrected chi connectivity index (χ1v) is 6.20. The first kappa shape index (κ1) is 13.8. The molecule has 0 fully saturated rings. The molecular weight excluding hydrogens is 216 g/mol. The maximum atomic E-state index is 9.05. The summed E-state index contributed by atoms with van der Waals surface area (Å²) < 4.78 is 11.1. The van der Waals surface area contributed by atoms with Gasteiger partial charge in [0.2, 0.25) is 0 Å². The Morgan fingerprint density at radius 1 is 1.12 bits per heavy atom. The van der Waals surface area contributed by atoms with Crippen LogP contribution in [0, 0.1) is 5.92 Å². The zero-order chi connectivity index (χ0) is 12.7. The summed E-state index contributed by atoms with van der Waals surface area (Å²) in [7, 11) is 0. The zero-order valence-corrected chi connectivity index (χ0v) is 10.9. The second kappa shape index (κ2) is 7.17. The lowest BCUT2D eigenvalue weighted by atomic mass is 10.0. The third-order valence-corrected chi connectivity index (χ3v) is 2.50. The van der Waals surface area contributed by atoms with Gasteiger partial charge in [-0.3, -0.25) is 0 Å². The number of hydrogen-bond donors (Lipinski definition) is 1. The van der Waals surface area contributed by atoms with E-state index in [2.05, 4.69) is 0 Å². The highest BCUT2D eigenvalue weighted by Gasteiger charge is 2.08. The predicted molar refractivity (Wildman–Crippen MR) is 68.7 cm³/mol. The molecule has 0 spiro atoms. The summed E-state index contributed by atoms with van der Waals surface area (Å²) in [4.78, 5) is 0. The van der Waals surface area contributed by atoms with E-state index in [1.54, 1.807) is 0 Å². The van der Waals surface area contributed by atoms with Gasteiger partial charge in [0.1, 0.15) is 0 Å². The third-order valence-electron chi connectivity index (χ3n) is 2.50. The van der Waals surface area contributed by atoms with Gasteiger partial charge in [0.15, 0.2) is 11.5 Å². The lowest BCUT2D eigenvalue weighted by Crippen LogP contribution is -2.05. The molecule has 0 radical (unpaired) electrons. The van der Waals surface area contributed by atoms with Crippen LogP contribution < -0.4 is 9.47 Å². The van der Waals surface area contributed by atoms with E-state index < -0.39 is 0 Å². The van der Waals surface area contributed by atoms with Crippen molar-refractivity contribution in [2.75, 3.05) is 19.8 Å². The second-order valence-corrected chi connectivity index (χ2v) is 4.14. The minimum absolute atomic E-state index is 0.206. The first-order chi connectivity index (χ1) is 8.21. The Kier molecular flexibility index (Phi) is 5.84. The van der Waals surface area contributed by atoms with Crippen molar-refractivity contribution in [2.24, 2.45) is 5.92 Å². The molecule has 96 valence electrons. The van der Waals surface area contributed by atoms with Gasteiger partial charge in [0.05, 0.1) is 13.2 Å². The maximum absolute atomic E-state index is 9.05. The minimum Gasteiger partial charge on any atom is -0.490 e. The van der Waals surface area contributed by atoms with Crippen LogP contribution in [-0.4, -0.2) is 24.9 Å². The molecule has 0 aliphatic carbocycles. The third kappa shape index (κ3) is 4.27. The van der Waals surface area contributed by atoms with Crippen LogP contribution in [0.3, 0.4) is 0 Å². The van der Waals surface area contributed by atoms with Crippen molar-refractivity contribution in [1.29, 1.82) is 0 Å². The molecule has 3 nitrogen and oxygen atoms in total. The van der Waals surface area contributed by atoms with Gasteiger partial charge < -0.3 is 14.6 Å². The van der Waals surface area contributed by atoms with Gasteiger partial charge in [-0.05, 0) is 43.9 Å². The number of hydrogen-bond acceptors (Lipinski definition) is 3. The average Bonchev–Trinajstić information content (AvgIpc) is 2.33. The SMILES string of the molecule is CCOc1ccc(CC(C)CO)cc1OCC. The highest BCUT2D eigenvalue weighted by atomic mass is 16.5. The number of rotatable bonds is 7. The standard InChI is InChI=1S/C14H22O3/c1-4-16-13-7-6-12(8-11(3)10-15)9-14(13)17-5-2/h6-7,9,11,15H,4-5,8,10H2,1-3H3. The first-order valence-electron chi connectivity index (χ1n) is 6.20. The molecule has 0 heterocycles. The van der Waals surface area contributed by atoms with Crippen molar-refractivity contribution < 1.29 is 14.6 Å². The fourth-order valence-corrected chi connectivity index (χ4v) is 1.69. The van der Waals surface area contributed by atoms with Gasteiger partial charge in [-0.1, -0.05) is 13.0 Å². The summed E-state index contributed by atoms with van der Waals surface area (Å²) in [6.45, 7) is 7.40. The summed E-state index contributed by atoms with van der Waals surface area (Å²) in [5, 5.41) is 9.05. The lowest BCUT2D eigenvalue weighted by Gasteiger charge is -2.13. The van der Waals surface area contributed by atoms with E-state index in [1.165, 1.54) is 5.56 Å². The largest absolute Gasteiger partial charge is 0.490 e. The molecule has 1 aromatic rings. The summed E-state index contributed by atoms with van der Waals surface area (Å²) in [6, 6.07) is 5.97. The highest BCUT2D eigenvalue weighted by Crippen LogP contribution is 2.29.